The van der Waals surface area contributed by atoms with Crippen LogP contribution in [-0.2, 0) is 11.2 Å². The number of nitrogens with one attached hydrogen (secondary N) is 1. The molecule has 0 saturated carbocycles. The second kappa shape index (κ2) is 8.60. The van der Waals surface area contributed by atoms with Gasteiger partial charge in [0.1, 0.15) is 23.0 Å². The van der Waals surface area contributed by atoms with E-state index in [4.69, 9.17) is 9.47 Å². The number of likely N-dealkylation sites (N-methyl/N-ethyl adjacent to an activating group) is 1. The zero-order valence-corrected chi connectivity index (χ0v) is 17.6. The minimum absolute atomic E-state index is 0.0922. The minimum atomic E-state index is -0.850. The van der Waals surface area contributed by atoms with Crippen LogP contribution in [0.25, 0.3) is 16.9 Å². The van der Waals surface area contributed by atoms with Crippen LogP contribution >= 0.6 is 0 Å². The highest BCUT2D eigenvalue weighted by molar-refractivity contribution is 5.94. The summed E-state index contributed by atoms with van der Waals surface area (Å²) in [5.74, 6) is -1.68. The number of imidazole rings is 1. The molecule has 1 aliphatic heterocycles. The van der Waals surface area contributed by atoms with E-state index in [1.807, 2.05) is 7.05 Å². The molecular formula is C22H24F2N4O3. The number of carbonyl (C=O) groups is 1. The number of rotatable bonds is 5. The summed E-state index contributed by atoms with van der Waals surface area (Å²) in [5.41, 5.74) is 0.953. The molecule has 1 aromatic carbocycles. The molecule has 1 saturated heterocycles. The van der Waals surface area contributed by atoms with Gasteiger partial charge in [-0.2, -0.15) is 0 Å². The minimum Gasteiger partial charge on any atom is -0.497 e. The number of methoxy groups -OCH3 is 1. The second-order valence-corrected chi connectivity index (χ2v) is 7.56. The van der Waals surface area contributed by atoms with Crippen molar-refractivity contribution in [2.75, 3.05) is 40.9 Å². The monoisotopic (exact) mass is 430 g/mol. The molecule has 7 nitrogen and oxygen atoms in total. The maximum absolute atomic E-state index is 15.1. The standard InChI is InChI=1S/C22H24F2N4O3/c1-25-22(29)13-8-16(23)20(17(24)9-13)21-18(10-15-12-27(2)6-7-31-15)28-5-4-14(30-3)11-19(28)26-21/h4-5,8-9,11,15H,6-7,10,12H2,1-3H3,(H,25,29). The Morgan fingerprint density at radius 1 is 1.32 bits per heavy atom. The molecule has 2 aromatic heterocycles. The van der Waals surface area contributed by atoms with Crippen molar-refractivity contribution in [2.45, 2.75) is 12.5 Å². The molecule has 0 spiro atoms. The fourth-order valence-corrected chi connectivity index (χ4v) is 3.88. The van der Waals surface area contributed by atoms with Crippen LogP contribution in [0, 0.1) is 11.6 Å². The number of nitrogens with zero attached hydrogens (tertiary/aromatic N) is 3. The fourth-order valence-electron chi connectivity index (χ4n) is 3.88. The van der Waals surface area contributed by atoms with Crippen LogP contribution < -0.4 is 10.1 Å². The molecule has 31 heavy (non-hydrogen) atoms. The summed E-state index contributed by atoms with van der Waals surface area (Å²) < 4.78 is 43.1. The number of hydrogen-bond acceptors (Lipinski definition) is 5. The molecule has 1 fully saturated rings. The van der Waals surface area contributed by atoms with Crippen LogP contribution in [0.15, 0.2) is 30.5 Å². The molecule has 0 bridgehead atoms. The number of hydrogen-bond donors (Lipinski definition) is 1. The van der Waals surface area contributed by atoms with Crippen molar-refractivity contribution in [3.63, 3.8) is 0 Å². The first-order chi connectivity index (χ1) is 14.9. The summed E-state index contributed by atoms with van der Waals surface area (Å²) in [4.78, 5) is 18.5. The molecule has 1 unspecified atom stereocenters. The number of morpholine rings is 1. The average molecular weight is 430 g/mol. The molecule has 164 valence electrons. The van der Waals surface area contributed by atoms with Crippen LogP contribution in [0.2, 0.25) is 0 Å². The maximum atomic E-state index is 15.1. The maximum Gasteiger partial charge on any atom is 0.251 e. The summed E-state index contributed by atoms with van der Waals surface area (Å²) in [5, 5.41) is 2.37. The van der Waals surface area contributed by atoms with Crippen molar-refractivity contribution in [3.8, 4) is 17.0 Å². The Morgan fingerprint density at radius 2 is 2.06 bits per heavy atom. The average Bonchev–Trinajstić information content (AvgIpc) is 3.09. The van der Waals surface area contributed by atoms with Crippen LogP contribution in [0.4, 0.5) is 8.78 Å². The van der Waals surface area contributed by atoms with Crippen molar-refractivity contribution in [3.05, 3.63) is 53.4 Å². The predicted molar refractivity (Wildman–Crippen MR) is 111 cm³/mol. The van der Waals surface area contributed by atoms with E-state index in [2.05, 4.69) is 15.2 Å². The topological polar surface area (TPSA) is 68.1 Å². The first-order valence-corrected chi connectivity index (χ1v) is 9.98. The third-order valence-corrected chi connectivity index (χ3v) is 5.46. The zero-order chi connectivity index (χ0) is 22.1. The highest BCUT2D eigenvalue weighted by atomic mass is 19.1. The van der Waals surface area contributed by atoms with E-state index in [0.29, 0.717) is 36.7 Å². The Hall–Kier alpha value is -3.04. The Labute approximate surface area is 178 Å². The molecule has 9 heteroatoms. The molecule has 1 N–H and O–H groups in total. The quantitative estimate of drug-likeness (QED) is 0.674. The molecule has 1 aliphatic rings. The Balaban J connectivity index is 1.85. The molecular weight excluding hydrogens is 406 g/mol. The van der Waals surface area contributed by atoms with Gasteiger partial charge >= 0.3 is 0 Å². The van der Waals surface area contributed by atoms with E-state index in [9.17, 15) is 4.79 Å². The first-order valence-electron chi connectivity index (χ1n) is 9.98. The van der Waals surface area contributed by atoms with Crippen LogP contribution in [0.5, 0.6) is 5.75 Å². The van der Waals surface area contributed by atoms with E-state index < -0.39 is 17.5 Å². The lowest BCUT2D eigenvalue weighted by Crippen LogP contribution is -2.41. The second-order valence-electron chi connectivity index (χ2n) is 7.56. The molecule has 4 rings (SSSR count). The third kappa shape index (κ3) is 4.11. The summed E-state index contributed by atoms with van der Waals surface area (Å²) >= 11 is 0. The summed E-state index contributed by atoms with van der Waals surface area (Å²) in [6, 6.07) is 5.51. The van der Waals surface area contributed by atoms with Gasteiger partial charge in [0, 0.05) is 44.4 Å². The number of carbonyl (C=O) groups excluding carboxylic acids is 1. The highest BCUT2D eigenvalue weighted by Gasteiger charge is 2.26. The van der Waals surface area contributed by atoms with Gasteiger partial charge in [0.2, 0.25) is 0 Å². The predicted octanol–water partition coefficient (Wildman–Crippen LogP) is 2.52. The molecule has 0 aliphatic carbocycles. The van der Waals surface area contributed by atoms with E-state index in [1.54, 1.807) is 29.8 Å². The van der Waals surface area contributed by atoms with Crippen molar-refractivity contribution >= 4 is 11.6 Å². The molecule has 3 aromatic rings. The van der Waals surface area contributed by atoms with E-state index >= 15 is 8.78 Å². The van der Waals surface area contributed by atoms with Crippen molar-refractivity contribution in [1.82, 2.24) is 19.6 Å². The Bertz CT molecular complexity index is 1110. The number of benzene rings is 1. The van der Waals surface area contributed by atoms with Gasteiger partial charge in [-0.05, 0) is 25.2 Å². The van der Waals surface area contributed by atoms with Gasteiger partial charge in [-0.1, -0.05) is 0 Å². The van der Waals surface area contributed by atoms with Crippen LogP contribution in [0.3, 0.4) is 0 Å². The first kappa shape index (κ1) is 21.2. The number of halogens is 2. The van der Waals surface area contributed by atoms with Crippen LogP contribution in [-0.4, -0.2) is 67.2 Å². The van der Waals surface area contributed by atoms with Gasteiger partial charge in [0.05, 0.1) is 36.8 Å². The van der Waals surface area contributed by atoms with Gasteiger partial charge in [-0.25, -0.2) is 13.8 Å². The van der Waals surface area contributed by atoms with Crippen molar-refractivity contribution in [2.24, 2.45) is 0 Å². The van der Waals surface area contributed by atoms with E-state index in [-0.39, 0.29) is 22.9 Å². The van der Waals surface area contributed by atoms with E-state index in [0.717, 1.165) is 18.7 Å². The number of ether oxygens (including phenoxy) is 2. The van der Waals surface area contributed by atoms with Gasteiger partial charge in [-0.3, -0.25) is 4.79 Å². The lowest BCUT2D eigenvalue weighted by Gasteiger charge is -2.30. The molecule has 1 atom stereocenters. The summed E-state index contributed by atoms with van der Waals surface area (Å²) in [6.07, 6.45) is 2.04. The van der Waals surface area contributed by atoms with Gasteiger partial charge in [0.25, 0.3) is 5.91 Å². The zero-order valence-electron chi connectivity index (χ0n) is 17.6. The summed E-state index contributed by atoms with van der Waals surface area (Å²) in [7, 11) is 4.95. The normalized spacial score (nSPS) is 17.1. The van der Waals surface area contributed by atoms with Gasteiger partial charge in [0.15, 0.2) is 0 Å². The highest BCUT2D eigenvalue weighted by Crippen LogP contribution is 2.32. The SMILES string of the molecule is CNC(=O)c1cc(F)c(-c2nc3cc(OC)ccn3c2CC2CN(C)CCO2)c(F)c1. The van der Waals surface area contributed by atoms with Gasteiger partial charge in [-0.15, -0.1) is 0 Å². The number of amides is 1. The number of pyridine rings is 1. The lowest BCUT2D eigenvalue weighted by atomic mass is 10.0. The van der Waals surface area contributed by atoms with E-state index in [1.165, 1.54) is 7.05 Å². The fraction of sp³-hybridized carbons (Fsp3) is 0.364. The number of fused-ring (bicyclic) bond motifs is 1. The Morgan fingerprint density at radius 3 is 2.71 bits per heavy atom. The summed E-state index contributed by atoms with van der Waals surface area (Å²) in [6.45, 7) is 2.12. The van der Waals surface area contributed by atoms with Crippen LogP contribution in [0.1, 0.15) is 16.1 Å². The van der Waals surface area contributed by atoms with Crippen molar-refractivity contribution < 1.29 is 23.0 Å². The van der Waals surface area contributed by atoms with Gasteiger partial charge < -0.3 is 24.1 Å². The largest absolute Gasteiger partial charge is 0.497 e. The number of aromatic nitrogens is 2. The lowest BCUT2D eigenvalue weighted by molar-refractivity contribution is -0.0190. The third-order valence-electron chi connectivity index (χ3n) is 5.46. The molecule has 0 radical (unpaired) electrons. The molecule has 1 amide bonds. The molecule has 3 heterocycles. The van der Waals surface area contributed by atoms with Crippen molar-refractivity contribution in [1.29, 1.82) is 0 Å². The smallest absolute Gasteiger partial charge is 0.251 e. The Kier molecular flexibility index (Phi) is 5.88.